The first-order valence-electron chi connectivity index (χ1n) is 3.10. The Morgan fingerprint density at radius 1 is 2.00 bits per heavy atom. The Morgan fingerprint density at radius 3 is 3.10 bits per heavy atom. The minimum Gasteiger partial charge on any atom is -0.324 e. The Bertz CT molecular complexity index is 179. The number of nitrogens with two attached hydrogens (primary N) is 1. The highest BCUT2D eigenvalue weighted by atomic mass is 32.2. The first kappa shape index (κ1) is 7.78. The van der Waals surface area contributed by atoms with E-state index in [4.69, 9.17) is 5.73 Å². The second-order valence-electron chi connectivity index (χ2n) is 2.16. The normalized spacial score (nSPS) is 24.6. The molecule has 10 heavy (non-hydrogen) atoms. The maximum absolute atomic E-state index is 11.0. The lowest BCUT2D eigenvalue weighted by Crippen LogP contribution is -2.25. The monoisotopic (exact) mass is 158 g/mol. The van der Waals surface area contributed by atoms with Gasteiger partial charge in [-0.05, 0) is 12.3 Å². The number of Topliss-reactive ketones (excluding diaryl/α,β-unsaturated/α-hetero) is 1. The summed E-state index contributed by atoms with van der Waals surface area (Å²) in [5, 5.41) is 1.82. The second kappa shape index (κ2) is 3.18. The first-order valence-corrected chi connectivity index (χ1v) is 3.98. The zero-order valence-corrected chi connectivity index (χ0v) is 6.57. The fourth-order valence-corrected chi connectivity index (χ4v) is 1.65. The van der Waals surface area contributed by atoms with Gasteiger partial charge in [0.2, 0.25) is 0 Å². The number of carbonyl (C=O) groups excluding carboxylic acids is 1. The average molecular weight is 158 g/mol. The molecule has 0 aromatic rings. The molecule has 0 spiro atoms. The van der Waals surface area contributed by atoms with Crippen LogP contribution in [0.3, 0.4) is 0 Å². The van der Waals surface area contributed by atoms with E-state index in [0.717, 1.165) is 5.57 Å². The summed E-state index contributed by atoms with van der Waals surface area (Å²) in [6, 6.07) is 0.154. The minimum atomic E-state index is 0.0324. The third-order valence-corrected chi connectivity index (χ3v) is 2.27. The highest BCUT2D eigenvalue weighted by Crippen LogP contribution is 2.18. The maximum Gasteiger partial charge on any atom is 0.174 e. The average Bonchev–Trinajstić information content (AvgIpc) is 2.34. The van der Waals surface area contributed by atoms with E-state index in [2.05, 4.69) is 4.72 Å². The highest BCUT2D eigenvalue weighted by molar-refractivity contribution is 8.00. The van der Waals surface area contributed by atoms with Crippen LogP contribution in [0.5, 0.6) is 0 Å². The zero-order chi connectivity index (χ0) is 7.56. The van der Waals surface area contributed by atoms with Crippen LogP contribution in [0.1, 0.15) is 6.92 Å². The molecule has 3 N–H and O–H groups in total. The third-order valence-electron chi connectivity index (χ3n) is 1.40. The lowest BCUT2D eigenvalue weighted by molar-refractivity contribution is -0.114. The summed E-state index contributed by atoms with van der Waals surface area (Å²) in [4.78, 5) is 11.0. The van der Waals surface area contributed by atoms with Gasteiger partial charge < -0.3 is 5.73 Å². The molecule has 1 heterocycles. The first-order chi connectivity index (χ1) is 4.75. The van der Waals surface area contributed by atoms with Crippen molar-refractivity contribution in [3.05, 3.63) is 11.0 Å². The summed E-state index contributed by atoms with van der Waals surface area (Å²) in [5.74, 6) is 0.0324. The molecule has 1 rings (SSSR count). The van der Waals surface area contributed by atoms with E-state index in [9.17, 15) is 4.79 Å². The lowest BCUT2D eigenvalue weighted by atomic mass is 10.1. The summed E-state index contributed by atoms with van der Waals surface area (Å²) in [5.41, 5.74) is 5.99. The van der Waals surface area contributed by atoms with Crippen molar-refractivity contribution in [2.45, 2.75) is 13.0 Å². The molecular formula is C6H10N2OS. The minimum absolute atomic E-state index is 0.0324. The number of nitrogens with one attached hydrogen (secondary N) is 1. The van der Waals surface area contributed by atoms with Gasteiger partial charge in [-0.2, -0.15) is 0 Å². The van der Waals surface area contributed by atoms with Gasteiger partial charge in [-0.15, -0.1) is 0 Å². The van der Waals surface area contributed by atoms with E-state index in [1.54, 1.807) is 0 Å². The van der Waals surface area contributed by atoms with Crippen molar-refractivity contribution in [1.82, 2.24) is 4.72 Å². The van der Waals surface area contributed by atoms with E-state index >= 15 is 0 Å². The van der Waals surface area contributed by atoms with Gasteiger partial charge in [0.1, 0.15) is 0 Å². The Labute approximate surface area is 64.2 Å². The molecule has 0 saturated carbocycles. The molecule has 1 unspecified atom stereocenters. The molecule has 56 valence electrons. The molecule has 0 radical (unpaired) electrons. The fourth-order valence-electron chi connectivity index (χ4n) is 0.790. The molecule has 1 aliphatic rings. The van der Waals surface area contributed by atoms with E-state index < -0.39 is 0 Å². The molecule has 1 atom stereocenters. The van der Waals surface area contributed by atoms with Crippen LogP contribution in [0.2, 0.25) is 0 Å². The van der Waals surface area contributed by atoms with Crippen molar-refractivity contribution in [2.75, 3.05) is 6.54 Å². The van der Waals surface area contributed by atoms with Crippen LogP contribution in [0.4, 0.5) is 0 Å². The number of ketones is 1. The van der Waals surface area contributed by atoms with Gasteiger partial charge in [0.25, 0.3) is 0 Å². The Hall–Kier alpha value is -0.320. The molecule has 0 aromatic heterocycles. The molecule has 3 nitrogen and oxygen atoms in total. The SMILES string of the molecule is CC1NSC=C1C(=O)CN. The van der Waals surface area contributed by atoms with Crippen molar-refractivity contribution >= 4 is 17.7 Å². The molecule has 0 aromatic carbocycles. The van der Waals surface area contributed by atoms with E-state index in [-0.39, 0.29) is 18.4 Å². The van der Waals surface area contributed by atoms with Gasteiger partial charge >= 0.3 is 0 Å². The van der Waals surface area contributed by atoms with Gasteiger partial charge in [-0.25, -0.2) is 0 Å². The van der Waals surface area contributed by atoms with Gasteiger partial charge in [-0.1, -0.05) is 11.9 Å². The lowest BCUT2D eigenvalue weighted by Gasteiger charge is -2.04. The summed E-state index contributed by atoms with van der Waals surface area (Å²) >= 11 is 1.45. The zero-order valence-electron chi connectivity index (χ0n) is 5.76. The number of hydrogen-bond acceptors (Lipinski definition) is 4. The number of rotatable bonds is 2. The van der Waals surface area contributed by atoms with E-state index in [0.29, 0.717) is 0 Å². The van der Waals surface area contributed by atoms with Crippen LogP contribution >= 0.6 is 11.9 Å². The maximum atomic E-state index is 11.0. The smallest absolute Gasteiger partial charge is 0.174 e. The number of hydrogen-bond donors (Lipinski definition) is 2. The van der Waals surface area contributed by atoms with Gasteiger partial charge in [0, 0.05) is 11.6 Å². The van der Waals surface area contributed by atoms with Crippen LogP contribution in [0.25, 0.3) is 0 Å². The molecule has 0 aliphatic carbocycles. The molecule has 4 heteroatoms. The van der Waals surface area contributed by atoms with E-state index in [1.807, 2.05) is 12.3 Å². The van der Waals surface area contributed by atoms with Crippen molar-refractivity contribution in [2.24, 2.45) is 5.73 Å². The molecule has 1 aliphatic heterocycles. The van der Waals surface area contributed by atoms with E-state index in [1.165, 1.54) is 11.9 Å². The summed E-state index contributed by atoms with van der Waals surface area (Å²) < 4.78 is 3.03. The second-order valence-corrected chi connectivity index (χ2v) is 2.86. The standard InChI is InChI=1S/C6H10N2OS/c1-4-5(3-10-8-4)6(9)2-7/h3-4,8H,2,7H2,1H3. The summed E-state index contributed by atoms with van der Waals surface area (Å²) in [6.07, 6.45) is 0. The summed E-state index contributed by atoms with van der Waals surface area (Å²) in [6.45, 7) is 2.05. The highest BCUT2D eigenvalue weighted by Gasteiger charge is 2.19. The van der Waals surface area contributed by atoms with Crippen molar-refractivity contribution in [1.29, 1.82) is 0 Å². The third kappa shape index (κ3) is 1.39. The molecular weight excluding hydrogens is 148 g/mol. The Balaban J connectivity index is 2.63. The Kier molecular flexibility index (Phi) is 2.48. The van der Waals surface area contributed by atoms with Crippen LogP contribution in [0, 0.1) is 0 Å². The van der Waals surface area contributed by atoms with Crippen LogP contribution < -0.4 is 10.5 Å². The molecule has 0 fully saturated rings. The van der Waals surface area contributed by atoms with Crippen LogP contribution in [0.15, 0.2) is 11.0 Å². The van der Waals surface area contributed by atoms with Crippen LogP contribution in [-0.4, -0.2) is 18.4 Å². The van der Waals surface area contributed by atoms with Gasteiger partial charge in [0.05, 0.1) is 6.54 Å². The van der Waals surface area contributed by atoms with Crippen molar-refractivity contribution in [3.63, 3.8) is 0 Å². The molecule has 0 saturated heterocycles. The number of carbonyl (C=O) groups is 1. The largest absolute Gasteiger partial charge is 0.324 e. The van der Waals surface area contributed by atoms with Gasteiger partial charge in [-0.3, -0.25) is 9.52 Å². The molecule has 0 amide bonds. The summed E-state index contributed by atoms with van der Waals surface area (Å²) in [7, 11) is 0. The van der Waals surface area contributed by atoms with Crippen molar-refractivity contribution < 1.29 is 4.79 Å². The van der Waals surface area contributed by atoms with Crippen molar-refractivity contribution in [3.8, 4) is 0 Å². The predicted octanol–water partition coefficient (Wildman–Crippen LogP) is 0.0380. The quantitative estimate of drug-likeness (QED) is 0.557. The predicted molar refractivity (Wildman–Crippen MR) is 42.3 cm³/mol. The molecule has 0 bridgehead atoms. The van der Waals surface area contributed by atoms with Crippen LogP contribution in [-0.2, 0) is 4.79 Å². The van der Waals surface area contributed by atoms with Gasteiger partial charge in [0.15, 0.2) is 5.78 Å². The fraction of sp³-hybridized carbons (Fsp3) is 0.500. The Morgan fingerprint density at radius 2 is 2.70 bits per heavy atom. The topological polar surface area (TPSA) is 55.1 Å².